The maximum Gasteiger partial charge on any atom is 0.258 e. The van der Waals surface area contributed by atoms with Gasteiger partial charge in [-0.25, -0.2) is 4.39 Å². The molecule has 0 bridgehead atoms. The van der Waals surface area contributed by atoms with E-state index < -0.39 is 0 Å². The van der Waals surface area contributed by atoms with Crippen molar-refractivity contribution >= 4 is 40.3 Å². The maximum atomic E-state index is 13.8. The standard InChI is InChI=1S/C37H29FN2O3S/c38-27-15-11-24(12-16-27)29-5-1-2-6-30(29)36(42)39-28-17-13-25(14-18-28)37(43)40-20-19-26-22-34(33(41)21-23-9-10-23)44-35(26)31-7-3-4-8-32(31)40/h1-8,11-18,22-23H,9-10,19-21H2,(H,39,42). The van der Waals surface area contributed by atoms with Gasteiger partial charge in [0.25, 0.3) is 11.8 Å². The number of thiophene rings is 1. The number of nitrogens with one attached hydrogen (secondary N) is 1. The van der Waals surface area contributed by atoms with Gasteiger partial charge in [-0.15, -0.1) is 11.3 Å². The Hall–Kier alpha value is -4.88. The summed E-state index contributed by atoms with van der Waals surface area (Å²) in [6.07, 6.45) is 3.58. The van der Waals surface area contributed by atoms with Gasteiger partial charge in [-0.05, 0) is 96.5 Å². The lowest BCUT2D eigenvalue weighted by atomic mass is 9.99. The van der Waals surface area contributed by atoms with Crippen LogP contribution in [-0.4, -0.2) is 24.1 Å². The first-order valence-corrected chi connectivity index (χ1v) is 15.6. The molecule has 7 rings (SSSR count). The number of hydrogen-bond acceptors (Lipinski definition) is 4. The molecule has 1 aliphatic carbocycles. The fraction of sp³-hybridized carbons (Fsp3) is 0.162. The van der Waals surface area contributed by atoms with Crippen molar-refractivity contribution in [3.63, 3.8) is 0 Å². The molecule has 1 saturated carbocycles. The van der Waals surface area contributed by atoms with Gasteiger partial charge in [0.15, 0.2) is 5.78 Å². The molecule has 7 heteroatoms. The topological polar surface area (TPSA) is 66.5 Å². The van der Waals surface area contributed by atoms with Gasteiger partial charge in [0.05, 0.1) is 10.6 Å². The van der Waals surface area contributed by atoms with Crippen LogP contribution in [0.3, 0.4) is 0 Å². The summed E-state index contributed by atoms with van der Waals surface area (Å²) in [5, 5.41) is 2.93. The van der Waals surface area contributed by atoms with Crippen molar-refractivity contribution < 1.29 is 18.8 Å². The Kier molecular flexibility index (Phi) is 7.40. The molecule has 2 heterocycles. The quantitative estimate of drug-likeness (QED) is 0.190. The zero-order valence-corrected chi connectivity index (χ0v) is 24.7. The Balaban J connectivity index is 1.09. The SMILES string of the molecule is O=C(CC1CC1)c1cc2c(s1)-c1ccccc1N(C(=O)c1ccc(NC(=O)c3ccccc3-c3ccc(F)cc3)cc1)CC2. The number of carbonyl (C=O) groups excluding carboxylic acids is 3. The molecule has 218 valence electrons. The van der Waals surface area contributed by atoms with Crippen molar-refractivity contribution in [2.24, 2.45) is 5.92 Å². The van der Waals surface area contributed by atoms with Crippen LogP contribution in [0.15, 0.2) is 103 Å². The van der Waals surface area contributed by atoms with Crippen LogP contribution < -0.4 is 10.2 Å². The van der Waals surface area contributed by atoms with Crippen molar-refractivity contribution in [1.29, 1.82) is 0 Å². The normalized spacial score (nSPS) is 13.9. The highest BCUT2D eigenvalue weighted by Gasteiger charge is 2.29. The molecule has 0 saturated heterocycles. The summed E-state index contributed by atoms with van der Waals surface area (Å²) in [5.74, 6) is 0.00226. The Labute approximate surface area is 259 Å². The van der Waals surface area contributed by atoms with Crippen LogP contribution in [0.5, 0.6) is 0 Å². The number of halogens is 1. The van der Waals surface area contributed by atoms with Crippen LogP contribution in [-0.2, 0) is 6.42 Å². The summed E-state index contributed by atoms with van der Waals surface area (Å²) in [5.41, 5.74) is 5.87. The van der Waals surface area contributed by atoms with E-state index in [4.69, 9.17) is 0 Å². The van der Waals surface area contributed by atoms with Gasteiger partial charge < -0.3 is 10.2 Å². The molecular weight excluding hydrogens is 571 g/mol. The van der Waals surface area contributed by atoms with E-state index in [1.165, 1.54) is 12.1 Å². The lowest BCUT2D eigenvalue weighted by molar-refractivity contribution is 0.0974. The van der Waals surface area contributed by atoms with E-state index in [0.29, 0.717) is 47.7 Å². The minimum atomic E-state index is -0.338. The molecule has 1 fully saturated rings. The lowest BCUT2D eigenvalue weighted by Gasteiger charge is -2.23. The van der Waals surface area contributed by atoms with Crippen molar-refractivity contribution in [3.8, 4) is 21.6 Å². The average Bonchev–Trinajstić information content (AvgIpc) is 3.79. The maximum absolute atomic E-state index is 13.8. The zero-order chi connectivity index (χ0) is 30.2. The summed E-state index contributed by atoms with van der Waals surface area (Å²) in [6, 6.07) is 30.0. The second-order valence-electron chi connectivity index (χ2n) is 11.3. The fourth-order valence-electron chi connectivity index (χ4n) is 5.74. The number of anilines is 2. The Morgan fingerprint density at radius 2 is 1.55 bits per heavy atom. The van der Waals surface area contributed by atoms with E-state index in [1.54, 1.807) is 64.8 Å². The van der Waals surface area contributed by atoms with Gasteiger partial charge in [0.2, 0.25) is 0 Å². The second kappa shape index (κ2) is 11.7. The smallest absolute Gasteiger partial charge is 0.258 e. The Morgan fingerprint density at radius 3 is 2.30 bits per heavy atom. The minimum absolute atomic E-state index is 0.128. The number of benzene rings is 4. The number of carbonyl (C=O) groups is 3. The molecule has 2 aliphatic rings. The first-order valence-electron chi connectivity index (χ1n) is 14.8. The molecule has 0 radical (unpaired) electrons. The van der Waals surface area contributed by atoms with E-state index in [-0.39, 0.29) is 23.4 Å². The summed E-state index contributed by atoms with van der Waals surface area (Å²) >= 11 is 1.54. The molecule has 44 heavy (non-hydrogen) atoms. The van der Waals surface area contributed by atoms with Gasteiger partial charge in [0, 0.05) is 40.2 Å². The number of hydrogen-bond donors (Lipinski definition) is 1. The molecule has 0 spiro atoms. The Bertz CT molecular complexity index is 1890. The summed E-state index contributed by atoms with van der Waals surface area (Å²) in [4.78, 5) is 43.6. The number of Topliss-reactive ketones (excluding diaryl/α,β-unsaturated/α-hetero) is 1. The van der Waals surface area contributed by atoms with Crippen LogP contribution in [0.4, 0.5) is 15.8 Å². The predicted molar refractivity (Wildman–Crippen MR) is 173 cm³/mol. The van der Waals surface area contributed by atoms with E-state index in [2.05, 4.69) is 5.32 Å². The highest BCUT2D eigenvalue weighted by atomic mass is 32.1. The molecule has 5 nitrogen and oxygen atoms in total. The van der Waals surface area contributed by atoms with Crippen LogP contribution in [0.2, 0.25) is 0 Å². The van der Waals surface area contributed by atoms with Crippen molar-refractivity contribution in [1.82, 2.24) is 0 Å². The number of fused-ring (bicyclic) bond motifs is 3. The zero-order valence-electron chi connectivity index (χ0n) is 23.9. The first kappa shape index (κ1) is 27.9. The van der Waals surface area contributed by atoms with Gasteiger partial charge >= 0.3 is 0 Å². The van der Waals surface area contributed by atoms with Crippen molar-refractivity contribution in [3.05, 3.63) is 131 Å². The third-order valence-corrected chi connectivity index (χ3v) is 9.51. The number of amides is 2. The van der Waals surface area contributed by atoms with E-state index in [0.717, 1.165) is 45.0 Å². The van der Waals surface area contributed by atoms with Gasteiger partial charge in [-0.2, -0.15) is 0 Å². The third kappa shape index (κ3) is 5.58. The summed E-state index contributed by atoms with van der Waals surface area (Å²) < 4.78 is 13.5. The van der Waals surface area contributed by atoms with E-state index in [9.17, 15) is 18.8 Å². The molecule has 4 aromatic carbocycles. The third-order valence-electron chi connectivity index (χ3n) is 8.26. The Morgan fingerprint density at radius 1 is 0.841 bits per heavy atom. The monoisotopic (exact) mass is 600 g/mol. The largest absolute Gasteiger partial charge is 0.322 e. The van der Waals surface area contributed by atoms with Gasteiger partial charge in [0.1, 0.15) is 5.82 Å². The first-order chi connectivity index (χ1) is 21.4. The molecule has 1 aliphatic heterocycles. The highest BCUT2D eigenvalue weighted by molar-refractivity contribution is 7.17. The minimum Gasteiger partial charge on any atom is -0.322 e. The van der Waals surface area contributed by atoms with Crippen molar-refractivity contribution in [2.45, 2.75) is 25.7 Å². The molecule has 0 unspecified atom stereocenters. The van der Waals surface area contributed by atoms with Crippen LogP contribution in [0.1, 0.15) is 55.2 Å². The number of para-hydroxylation sites is 1. The van der Waals surface area contributed by atoms with Crippen molar-refractivity contribution in [2.75, 3.05) is 16.8 Å². The fourth-order valence-corrected chi connectivity index (χ4v) is 6.93. The summed E-state index contributed by atoms with van der Waals surface area (Å²) in [6.45, 7) is 0.495. The molecule has 2 amide bonds. The second-order valence-corrected chi connectivity index (χ2v) is 12.4. The number of rotatable bonds is 7. The van der Waals surface area contributed by atoms with Crippen LogP contribution >= 0.6 is 11.3 Å². The molecule has 0 atom stereocenters. The average molecular weight is 601 g/mol. The van der Waals surface area contributed by atoms with Gasteiger partial charge in [-0.1, -0.05) is 48.5 Å². The van der Waals surface area contributed by atoms with E-state index >= 15 is 0 Å². The van der Waals surface area contributed by atoms with Crippen LogP contribution in [0.25, 0.3) is 21.6 Å². The summed E-state index contributed by atoms with van der Waals surface area (Å²) in [7, 11) is 0. The molecule has 5 aromatic rings. The molecule has 1 aromatic heterocycles. The highest BCUT2D eigenvalue weighted by Crippen LogP contribution is 2.43. The molecular formula is C37H29FN2O3S. The lowest BCUT2D eigenvalue weighted by Crippen LogP contribution is -2.32. The number of ketones is 1. The molecule has 1 N–H and O–H groups in total. The van der Waals surface area contributed by atoms with Crippen LogP contribution in [0, 0.1) is 11.7 Å². The van der Waals surface area contributed by atoms with E-state index in [1.807, 2.05) is 42.5 Å². The van der Waals surface area contributed by atoms with Gasteiger partial charge in [-0.3, -0.25) is 14.4 Å². The predicted octanol–water partition coefficient (Wildman–Crippen LogP) is 8.66. The number of nitrogens with zero attached hydrogens (tertiary/aromatic N) is 1.